The number of carbonyl (C=O) groups is 2. The Labute approximate surface area is 146 Å². The normalized spacial score (nSPS) is 12.0. The molecule has 1 rings (SSSR count). The fraction of sp³-hybridized carbons (Fsp3) is 0.333. The lowest BCUT2D eigenvalue weighted by Gasteiger charge is -2.08. The van der Waals surface area contributed by atoms with Crippen LogP contribution in [0.5, 0.6) is 0 Å². The molecule has 5 nitrogen and oxygen atoms in total. The molecule has 0 radical (unpaired) electrons. The molecular formula is C18H22O5S. The van der Waals surface area contributed by atoms with Gasteiger partial charge in [-0.05, 0) is 44.1 Å². The maximum atomic E-state index is 12.0. The van der Waals surface area contributed by atoms with E-state index in [2.05, 4.69) is 4.74 Å². The van der Waals surface area contributed by atoms with Crippen LogP contribution in [0.3, 0.4) is 0 Å². The van der Waals surface area contributed by atoms with E-state index in [1.54, 1.807) is 13.8 Å². The lowest BCUT2D eigenvalue weighted by atomic mass is 10.1. The molecule has 0 atom stereocenters. The number of allylic oxidation sites excluding steroid dienone is 2. The van der Waals surface area contributed by atoms with Crippen molar-refractivity contribution in [2.75, 3.05) is 13.2 Å². The quantitative estimate of drug-likeness (QED) is 0.334. The SMILES string of the molecule is CCOC(=O)/C(O)=C/C=C(\SCc1ccccc1C)C(=O)OCC. The van der Waals surface area contributed by atoms with Gasteiger partial charge < -0.3 is 14.6 Å². The largest absolute Gasteiger partial charge is 0.502 e. The van der Waals surface area contributed by atoms with Gasteiger partial charge in [-0.1, -0.05) is 24.3 Å². The molecule has 1 aromatic rings. The number of aliphatic hydroxyl groups is 1. The molecule has 0 aliphatic rings. The molecule has 24 heavy (non-hydrogen) atoms. The van der Waals surface area contributed by atoms with Gasteiger partial charge in [0.2, 0.25) is 5.76 Å². The van der Waals surface area contributed by atoms with Crippen molar-refractivity contribution in [3.8, 4) is 0 Å². The van der Waals surface area contributed by atoms with Crippen molar-refractivity contribution in [3.63, 3.8) is 0 Å². The number of carbonyl (C=O) groups excluding carboxylic acids is 2. The van der Waals surface area contributed by atoms with Gasteiger partial charge in [-0.2, -0.15) is 0 Å². The van der Waals surface area contributed by atoms with E-state index < -0.39 is 17.7 Å². The monoisotopic (exact) mass is 350 g/mol. The summed E-state index contributed by atoms with van der Waals surface area (Å²) in [5.41, 5.74) is 2.22. The van der Waals surface area contributed by atoms with E-state index in [4.69, 9.17) is 4.74 Å². The van der Waals surface area contributed by atoms with Crippen LogP contribution in [-0.2, 0) is 24.8 Å². The Bertz CT molecular complexity index is 634. The lowest BCUT2D eigenvalue weighted by molar-refractivity contribution is -0.141. The lowest BCUT2D eigenvalue weighted by Crippen LogP contribution is -2.08. The Morgan fingerprint density at radius 1 is 1.08 bits per heavy atom. The van der Waals surface area contributed by atoms with E-state index in [1.807, 2.05) is 31.2 Å². The van der Waals surface area contributed by atoms with Gasteiger partial charge in [0.15, 0.2) is 0 Å². The summed E-state index contributed by atoms with van der Waals surface area (Å²) < 4.78 is 9.69. The predicted octanol–water partition coefficient (Wildman–Crippen LogP) is 3.68. The fourth-order valence-electron chi connectivity index (χ4n) is 1.73. The van der Waals surface area contributed by atoms with Crippen LogP contribution >= 0.6 is 11.8 Å². The smallest absolute Gasteiger partial charge is 0.373 e. The highest BCUT2D eigenvalue weighted by Gasteiger charge is 2.13. The molecule has 6 heteroatoms. The molecule has 1 aromatic carbocycles. The van der Waals surface area contributed by atoms with Crippen molar-refractivity contribution < 1.29 is 24.2 Å². The van der Waals surface area contributed by atoms with Gasteiger partial charge in [0.1, 0.15) is 0 Å². The van der Waals surface area contributed by atoms with E-state index in [9.17, 15) is 14.7 Å². The Kier molecular flexibility index (Phi) is 8.71. The number of thioether (sulfide) groups is 1. The van der Waals surface area contributed by atoms with E-state index in [0.717, 1.165) is 17.2 Å². The average Bonchev–Trinajstić information content (AvgIpc) is 2.56. The molecule has 130 valence electrons. The van der Waals surface area contributed by atoms with Gasteiger partial charge in [-0.3, -0.25) is 0 Å². The van der Waals surface area contributed by atoms with Crippen molar-refractivity contribution in [1.29, 1.82) is 0 Å². The summed E-state index contributed by atoms with van der Waals surface area (Å²) in [6.07, 6.45) is 2.52. The summed E-state index contributed by atoms with van der Waals surface area (Å²) in [4.78, 5) is 23.7. The Morgan fingerprint density at radius 3 is 2.33 bits per heavy atom. The highest BCUT2D eigenvalue weighted by molar-refractivity contribution is 8.03. The Morgan fingerprint density at radius 2 is 1.71 bits per heavy atom. The molecule has 0 aromatic heterocycles. The first-order valence-corrected chi connectivity index (χ1v) is 8.60. The zero-order valence-electron chi connectivity index (χ0n) is 14.1. The minimum Gasteiger partial charge on any atom is -0.502 e. The molecule has 0 spiro atoms. The number of hydrogen-bond acceptors (Lipinski definition) is 6. The van der Waals surface area contributed by atoms with Gasteiger partial charge in [0, 0.05) is 5.75 Å². The van der Waals surface area contributed by atoms with E-state index in [0.29, 0.717) is 10.7 Å². The molecule has 0 fully saturated rings. The summed E-state index contributed by atoms with van der Waals surface area (Å²) in [5, 5.41) is 9.62. The zero-order valence-corrected chi connectivity index (χ0v) is 14.9. The molecule has 0 saturated carbocycles. The van der Waals surface area contributed by atoms with Gasteiger partial charge in [-0.25, -0.2) is 9.59 Å². The zero-order chi connectivity index (χ0) is 17.9. The third kappa shape index (κ3) is 6.50. The number of aryl methyl sites for hydroxylation is 1. The Hall–Kier alpha value is -2.21. The first-order chi connectivity index (χ1) is 11.5. The second-order valence-corrected chi connectivity index (χ2v) is 5.76. The van der Waals surface area contributed by atoms with Crippen LogP contribution in [0.4, 0.5) is 0 Å². The second kappa shape index (κ2) is 10.5. The first-order valence-electron chi connectivity index (χ1n) is 7.62. The number of rotatable bonds is 8. The Balaban J connectivity index is 2.89. The number of benzene rings is 1. The van der Waals surface area contributed by atoms with Gasteiger partial charge in [0.25, 0.3) is 0 Å². The fourth-order valence-corrected chi connectivity index (χ4v) is 2.71. The number of hydrogen-bond donors (Lipinski definition) is 1. The highest BCUT2D eigenvalue weighted by Crippen LogP contribution is 2.24. The maximum absolute atomic E-state index is 12.0. The summed E-state index contributed by atoms with van der Waals surface area (Å²) >= 11 is 1.28. The van der Waals surface area contributed by atoms with Crippen molar-refractivity contribution in [2.24, 2.45) is 0 Å². The summed E-state index contributed by atoms with van der Waals surface area (Å²) in [5.74, 6) is -1.31. The van der Waals surface area contributed by atoms with Crippen LogP contribution in [-0.4, -0.2) is 30.3 Å². The van der Waals surface area contributed by atoms with Crippen LogP contribution in [0.25, 0.3) is 0 Å². The van der Waals surface area contributed by atoms with E-state index >= 15 is 0 Å². The number of esters is 2. The molecule has 0 amide bonds. The molecular weight excluding hydrogens is 328 g/mol. The van der Waals surface area contributed by atoms with Crippen LogP contribution in [0.2, 0.25) is 0 Å². The standard InChI is InChI=1S/C18H22O5S/c1-4-22-17(20)15(19)10-11-16(18(21)23-5-2)24-12-14-9-7-6-8-13(14)3/h6-11,19H,4-5,12H2,1-3H3/b15-10-,16-11-. The van der Waals surface area contributed by atoms with Gasteiger partial charge >= 0.3 is 11.9 Å². The van der Waals surface area contributed by atoms with E-state index in [-0.39, 0.29) is 13.2 Å². The van der Waals surface area contributed by atoms with Crippen molar-refractivity contribution >= 4 is 23.7 Å². The molecule has 1 N–H and O–H groups in total. The molecule has 0 saturated heterocycles. The second-order valence-electron chi connectivity index (χ2n) is 4.74. The molecule has 0 unspecified atom stereocenters. The molecule has 0 heterocycles. The molecule has 0 bridgehead atoms. The van der Waals surface area contributed by atoms with E-state index in [1.165, 1.54) is 17.8 Å². The minimum absolute atomic E-state index is 0.160. The van der Waals surface area contributed by atoms with Crippen LogP contribution in [0.1, 0.15) is 25.0 Å². The number of ether oxygens (including phenoxy) is 2. The van der Waals surface area contributed by atoms with Gasteiger partial charge in [0.05, 0.1) is 18.1 Å². The summed E-state index contributed by atoms with van der Waals surface area (Å²) in [6, 6.07) is 7.86. The highest BCUT2D eigenvalue weighted by atomic mass is 32.2. The van der Waals surface area contributed by atoms with Gasteiger partial charge in [-0.15, -0.1) is 11.8 Å². The van der Waals surface area contributed by atoms with Crippen molar-refractivity contribution in [1.82, 2.24) is 0 Å². The van der Waals surface area contributed by atoms with Crippen molar-refractivity contribution in [2.45, 2.75) is 26.5 Å². The predicted molar refractivity (Wildman–Crippen MR) is 94.5 cm³/mol. The summed E-state index contributed by atoms with van der Waals surface area (Å²) in [6.45, 7) is 5.76. The third-order valence-corrected chi connectivity index (χ3v) is 4.07. The minimum atomic E-state index is -0.833. The first kappa shape index (κ1) is 19.8. The van der Waals surface area contributed by atoms with Crippen LogP contribution in [0, 0.1) is 6.92 Å². The third-order valence-electron chi connectivity index (χ3n) is 3.00. The number of aliphatic hydroxyl groups excluding tert-OH is 1. The maximum Gasteiger partial charge on any atom is 0.373 e. The summed E-state index contributed by atoms with van der Waals surface area (Å²) in [7, 11) is 0. The van der Waals surface area contributed by atoms with Crippen LogP contribution < -0.4 is 0 Å². The topological polar surface area (TPSA) is 72.8 Å². The van der Waals surface area contributed by atoms with Crippen molar-refractivity contribution in [3.05, 3.63) is 58.2 Å². The molecule has 0 aliphatic carbocycles. The average molecular weight is 350 g/mol. The molecule has 0 aliphatic heterocycles. The van der Waals surface area contributed by atoms with Crippen LogP contribution in [0.15, 0.2) is 47.1 Å².